The van der Waals surface area contributed by atoms with E-state index < -0.39 is 6.10 Å². The number of aromatic nitrogens is 2. The molecular weight excluding hydrogens is 364 g/mol. The average Bonchev–Trinajstić information content (AvgIpc) is 2.72. The Bertz CT molecular complexity index is 1060. The molecule has 2 atom stereocenters. The van der Waals surface area contributed by atoms with Crippen LogP contribution in [-0.4, -0.2) is 44.8 Å². The summed E-state index contributed by atoms with van der Waals surface area (Å²) < 4.78 is 2.01. The molecule has 29 heavy (non-hydrogen) atoms. The number of nitrogens with one attached hydrogen (secondary N) is 1. The Hall–Kier alpha value is -2.54. The van der Waals surface area contributed by atoms with Crippen LogP contribution in [0.2, 0.25) is 0 Å². The highest BCUT2D eigenvalue weighted by Gasteiger charge is 2.29. The molecule has 0 bridgehead atoms. The molecule has 3 aromatic rings. The zero-order valence-electron chi connectivity index (χ0n) is 17.0. The molecule has 1 aliphatic heterocycles. The van der Waals surface area contributed by atoms with E-state index in [1.54, 1.807) is 0 Å². The Balaban J connectivity index is 1.70. The molecule has 4 rings (SSSR count). The minimum Gasteiger partial charge on any atom is -0.391 e. The van der Waals surface area contributed by atoms with Crippen LogP contribution in [0.3, 0.4) is 0 Å². The fourth-order valence-electron chi connectivity index (χ4n) is 4.27. The predicted molar refractivity (Wildman–Crippen MR) is 115 cm³/mol. The molecule has 6 nitrogen and oxygen atoms in total. The zero-order valence-corrected chi connectivity index (χ0v) is 17.0. The highest BCUT2D eigenvalue weighted by molar-refractivity contribution is 5.79. The van der Waals surface area contributed by atoms with Crippen molar-refractivity contribution in [3.8, 4) is 0 Å². The van der Waals surface area contributed by atoms with Crippen molar-refractivity contribution in [2.24, 2.45) is 7.05 Å². The van der Waals surface area contributed by atoms with E-state index in [0.717, 1.165) is 34.3 Å². The summed E-state index contributed by atoms with van der Waals surface area (Å²) in [6.07, 6.45) is 4.04. The van der Waals surface area contributed by atoms with Gasteiger partial charge in [-0.1, -0.05) is 12.1 Å². The fraction of sp³-hybridized carbons (Fsp3) is 0.391. The zero-order chi connectivity index (χ0) is 20.4. The number of benzene rings is 1. The van der Waals surface area contributed by atoms with Crippen LogP contribution in [0.4, 0.5) is 0 Å². The van der Waals surface area contributed by atoms with Crippen molar-refractivity contribution in [2.45, 2.75) is 38.6 Å². The first-order valence-corrected chi connectivity index (χ1v) is 10.1. The lowest BCUT2D eigenvalue weighted by Gasteiger charge is -2.38. The van der Waals surface area contributed by atoms with Gasteiger partial charge in [0, 0.05) is 61.8 Å². The quantitative estimate of drug-likeness (QED) is 0.695. The third-order valence-corrected chi connectivity index (χ3v) is 5.77. The maximum atomic E-state index is 13.2. The van der Waals surface area contributed by atoms with Gasteiger partial charge in [0.2, 0.25) is 0 Å². The summed E-state index contributed by atoms with van der Waals surface area (Å²) in [6, 6.07) is 11.7. The van der Waals surface area contributed by atoms with Crippen LogP contribution in [0.25, 0.3) is 10.9 Å². The summed E-state index contributed by atoms with van der Waals surface area (Å²) in [4.78, 5) is 19.7. The van der Waals surface area contributed by atoms with Gasteiger partial charge in [-0.2, -0.15) is 0 Å². The lowest BCUT2D eigenvalue weighted by Crippen LogP contribution is -2.53. The second-order valence-electron chi connectivity index (χ2n) is 7.95. The number of aliphatic hydroxyl groups is 1. The van der Waals surface area contributed by atoms with Gasteiger partial charge in [-0.15, -0.1) is 0 Å². The highest BCUT2D eigenvalue weighted by Crippen LogP contribution is 2.19. The van der Waals surface area contributed by atoms with Gasteiger partial charge in [-0.05, 0) is 49.7 Å². The average molecular weight is 393 g/mol. The molecule has 0 spiro atoms. The number of para-hydroxylation sites is 1. The van der Waals surface area contributed by atoms with Crippen molar-refractivity contribution in [1.82, 2.24) is 19.8 Å². The van der Waals surface area contributed by atoms with Gasteiger partial charge < -0.3 is 15.0 Å². The van der Waals surface area contributed by atoms with E-state index in [2.05, 4.69) is 21.3 Å². The normalized spacial score (nSPS) is 19.7. The van der Waals surface area contributed by atoms with E-state index in [-0.39, 0.29) is 11.5 Å². The number of hydrogen-bond acceptors (Lipinski definition) is 5. The van der Waals surface area contributed by atoms with Gasteiger partial charge in [0.1, 0.15) is 0 Å². The van der Waals surface area contributed by atoms with Crippen molar-refractivity contribution in [3.63, 3.8) is 0 Å². The molecule has 0 saturated carbocycles. The monoisotopic (exact) mass is 392 g/mol. The molecule has 6 heteroatoms. The standard InChI is InChI=1S/C23H28N4O2/c1-16-11-17(7-10-25-16)13-27(21-12-24-9-8-22(21)28)15-18-14-26(2)20-6-4-3-5-19(20)23(18)29/h3-7,10-11,14,21-22,24,28H,8-9,12-13,15H2,1-2H3/t21-,22-/m1/s1. The summed E-state index contributed by atoms with van der Waals surface area (Å²) in [5, 5.41) is 14.8. The second-order valence-corrected chi connectivity index (χ2v) is 7.95. The van der Waals surface area contributed by atoms with Gasteiger partial charge in [-0.3, -0.25) is 14.7 Å². The summed E-state index contributed by atoms with van der Waals surface area (Å²) in [5.74, 6) is 0. The first-order valence-electron chi connectivity index (χ1n) is 10.1. The van der Waals surface area contributed by atoms with Crippen molar-refractivity contribution < 1.29 is 5.11 Å². The van der Waals surface area contributed by atoms with Crippen LogP contribution < -0.4 is 10.7 Å². The smallest absolute Gasteiger partial charge is 0.193 e. The van der Waals surface area contributed by atoms with Crippen LogP contribution in [0.5, 0.6) is 0 Å². The lowest BCUT2D eigenvalue weighted by atomic mass is 10.0. The molecule has 0 amide bonds. The van der Waals surface area contributed by atoms with Crippen LogP contribution in [0, 0.1) is 6.92 Å². The topological polar surface area (TPSA) is 70.4 Å². The molecule has 2 N–H and O–H groups in total. The number of hydrogen-bond donors (Lipinski definition) is 2. The largest absolute Gasteiger partial charge is 0.391 e. The number of aryl methyl sites for hydroxylation is 2. The van der Waals surface area contributed by atoms with E-state index in [4.69, 9.17) is 0 Å². The van der Waals surface area contributed by atoms with E-state index in [9.17, 15) is 9.90 Å². The number of fused-ring (bicyclic) bond motifs is 1. The Kier molecular flexibility index (Phi) is 5.76. The maximum absolute atomic E-state index is 13.2. The van der Waals surface area contributed by atoms with E-state index in [1.807, 2.05) is 61.3 Å². The molecule has 1 aromatic carbocycles. The summed E-state index contributed by atoms with van der Waals surface area (Å²) >= 11 is 0. The Labute approximate surface area is 170 Å². The maximum Gasteiger partial charge on any atom is 0.193 e. The van der Waals surface area contributed by atoms with E-state index >= 15 is 0 Å². The fourth-order valence-corrected chi connectivity index (χ4v) is 4.27. The minimum absolute atomic E-state index is 0.0478. The van der Waals surface area contributed by atoms with E-state index in [1.165, 1.54) is 0 Å². The highest BCUT2D eigenvalue weighted by atomic mass is 16.3. The molecular formula is C23H28N4O2. The predicted octanol–water partition coefficient (Wildman–Crippen LogP) is 1.97. The Morgan fingerprint density at radius 3 is 2.90 bits per heavy atom. The number of rotatable bonds is 5. The van der Waals surface area contributed by atoms with Crippen LogP contribution >= 0.6 is 0 Å². The van der Waals surface area contributed by atoms with Crippen molar-refractivity contribution >= 4 is 10.9 Å². The first kappa shape index (κ1) is 19.8. The first-order chi connectivity index (χ1) is 14.0. The summed E-state index contributed by atoms with van der Waals surface area (Å²) in [7, 11) is 1.97. The Morgan fingerprint density at radius 2 is 2.10 bits per heavy atom. The number of aliphatic hydroxyl groups excluding tert-OH is 1. The van der Waals surface area contributed by atoms with Crippen LogP contribution in [0.15, 0.2) is 53.6 Å². The third kappa shape index (κ3) is 4.24. The van der Waals surface area contributed by atoms with Crippen LogP contribution in [-0.2, 0) is 20.1 Å². The molecule has 0 unspecified atom stereocenters. The minimum atomic E-state index is -0.413. The Morgan fingerprint density at radius 1 is 1.28 bits per heavy atom. The van der Waals surface area contributed by atoms with Crippen molar-refractivity contribution in [2.75, 3.05) is 13.1 Å². The van der Waals surface area contributed by atoms with Gasteiger partial charge in [0.05, 0.1) is 11.6 Å². The summed E-state index contributed by atoms with van der Waals surface area (Å²) in [5.41, 5.74) is 3.83. The molecule has 1 aliphatic rings. The van der Waals surface area contributed by atoms with Gasteiger partial charge >= 0.3 is 0 Å². The van der Waals surface area contributed by atoms with Crippen molar-refractivity contribution in [3.05, 3.63) is 75.8 Å². The van der Waals surface area contributed by atoms with Crippen molar-refractivity contribution in [1.29, 1.82) is 0 Å². The summed E-state index contributed by atoms with van der Waals surface area (Å²) in [6.45, 7) is 4.64. The second kappa shape index (κ2) is 8.45. The number of pyridine rings is 2. The lowest BCUT2D eigenvalue weighted by molar-refractivity contribution is 0.0195. The molecule has 1 saturated heterocycles. The van der Waals surface area contributed by atoms with Gasteiger partial charge in [0.15, 0.2) is 5.43 Å². The molecule has 0 aliphatic carbocycles. The van der Waals surface area contributed by atoms with E-state index in [0.29, 0.717) is 26.1 Å². The van der Waals surface area contributed by atoms with Gasteiger partial charge in [0.25, 0.3) is 0 Å². The van der Waals surface area contributed by atoms with Gasteiger partial charge in [-0.25, -0.2) is 0 Å². The molecule has 1 fully saturated rings. The van der Waals surface area contributed by atoms with Crippen LogP contribution in [0.1, 0.15) is 23.2 Å². The SMILES string of the molecule is Cc1cc(CN(Cc2cn(C)c3ccccc3c2=O)[C@@H]2CNCC[C@H]2O)ccn1. The molecule has 152 valence electrons. The molecule has 3 heterocycles. The number of nitrogens with zero attached hydrogens (tertiary/aromatic N) is 3. The third-order valence-electron chi connectivity index (χ3n) is 5.77. The number of piperidine rings is 1. The molecule has 0 radical (unpaired) electrons. The molecule has 2 aromatic heterocycles.